The molecule has 0 amide bonds. The van der Waals surface area contributed by atoms with E-state index in [1.807, 2.05) is 18.2 Å². The third kappa shape index (κ3) is 1.87. The van der Waals surface area contributed by atoms with Crippen molar-refractivity contribution in [1.29, 1.82) is 0 Å². The topological polar surface area (TPSA) is 43.8 Å². The van der Waals surface area contributed by atoms with Crippen LogP contribution in [0.5, 0.6) is 0 Å². The van der Waals surface area contributed by atoms with Crippen LogP contribution in [-0.2, 0) is 5.54 Å². The SMILES string of the molecule is CCC(CC)(CC)n1c(N)nc2ccc(Cl)cc21. The van der Waals surface area contributed by atoms with E-state index in [9.17, 15) is 0 Å². The van der Waals surface area contributed by atoms with Gasteiger partial charge in [0.1, 0.15) is 0 Å². The average Bonchev–Trinajstić information content (AvgIpc) is 2.69. The molecule has 0 atom stereocenters. The highest BCUT2D eigenvalue weighted by Gasteiger charge is 2.29. The van der Waals surface area contributed by atoms with E-state index in [2.05, 4.69) is 30.3 Å². The highest BCUT2D eigenvalue weighted by molar-refractivity contribution is 6.31. The third-order valence-electron chi connectivity index (χ3n) is 4.09. The molecule has 98 valence electrons. The Balaban J connectivity index is 2.76. The zero-order valence-electron chi connectivity index (χ0n) is 11.2. The number of halogens is 1. The Labute approximate surface area is 113 Å². The molecule has 2 aromatic rings. The first-order chi connectivity index (χ1) is 8.57. The second-order valence-corrected chi connectivity index (χ2v) is 5.16. The van der Waals surface area contributed by atoms with Crippen molar-refractivity contribution in [2.45, 2.75) is 45.6 Å². The molecule has 0 saturated carbocycles. The number of nitrogen functional groups attached to an aromatic ring is 1. The van der Waals surface area contributed by atoms with Crippen molar-refractivity contribution in [3.05, 3.63) is 23.2 Å². The van der Waals surface area contributed by atoms with Gasteiger partial charge < -0.3 is 10.3 Å². The molecule has 18 heavy (non-hydrogen) atoms. The predicted octanol–water partition coefficient (Wildman–Crippen LogP) is 4.20. The van der Waals surface area contributed by atoms with Crippen molar-refractivity contribution in [3.63, 3.8) is 0 Å². The summed E-state index contributed by atoms with van der Waals surface area (Å²) >= 11 is 6.10. The zero-order chi connectivity index (χ0) is 13.3. The van der Waals surface area contributed by atoms with Crippen molar-refractivity contribution in [2.75, 3.05) is 5.73 Å². The van der Waals surface area contributed by atoms with E-state index in [4.69, 9.17) is 17.3 Å². The Morgan fingerprint density at radius 2 is 1.83 bits per heavy atom. The van der Waals surface area contributed by atoms with Gasteiger partial charge >= 0.3 is 0 Å². The van der Waals surface area contributed by atoms with E-state index >= 15 is 0 Å². The predicted molar refractivity (Wildman–Crippen MR) is 78.0 cm³/mol. The highest BCUT2D eigenvalue weighted by atomic mass is 35.5. The van der Waals surface area contributed by atoms with Crippen molar-refractivity contribution in [1.82, 2.24) is 9.55 Å². The molecule has 3 nitrogen and oxygen atoms in total. The molecular formula is C14H20ClN3. The van der Waals surface area contributed by atoms with E-state index in [1.165, 1.54) is 0 Å². The minimum absolute atomic E-state index is 0.0313. The Bertz CT molecular complexity index is 547. The Morgan fingerprint density at radius 1 is 1.22 bits per heavy atom. The molecule has 0 aliphatic rings. The largest absolute Gasteiger partial charge is 0.369 e. The molecule has 0 radical (unpaired) electrons. The van der Waals surface area contributed by atoms with Gasteiger partial charge in [-0.2, -0.15) is 0 Å². The van der Waals surface area contributed by atoms with Crippen LogP contribution in [0.4, 0.5) is 5.95 Å². The molecule has 0 unspecified atom stereocenters. The molecule has 2 N–H and O–H groups in total. The fourth-order valence-electron chi connectivity index (χ4n) is 2.79. The van der Waals surface area contributed by atoms with E-state index in [-0.39, 0.29) is 5.54 Å². The van der Waals surface area contributed by atoms with Crippen LogP contribution >= 0.6 is 11.6 Å². The van der Waals surface area contributed by atoms with Crippen LogP contribution in [0.2, 0.25) is 5.02 Å². The number of rotatable bonds is 4. The molecule has 4 heteroatoms. The lowest BCUT2D eigenvalue weighted by Crippen LogP contribution is -2.32. The van der Waals surface area contributed by atoms with Gasteiger partial charge in [-0.3, -0.25) is 0 Å². The van der Waals surface area contributed by atoms with Gasteiger partial charge in [-0.1, -0.05) is 32.4 Å². The zero-order valence-corrected chi connectivity index (χ0v) is 12.0. The number of imidazole rings is 1. The number of anilines is 1. The molecule has 0 saturated heterocycles. The van der Waals surface area contributed by atoms with Crippen LogP contribution < -0.4 is 5.73 Å². The molecular weight excluding hydrogens is 246 g/mol. The average molecular weight is 266 g/mol. The molecule has 1 heterocycles. The molecule has 0 spiro atoms. The van der Waals surface area contributed by atoms with Crippen LogP contribution in [0.25, 0.3) is 11.0 Å². The van der Waals surface area contributed by atoms with Gasteiger partial charge in [0.2, 0.25) is 5.95 Å². The van der Waals surface area contributed by atoms with Gasteiger partial charge in [-0.05, 0) is 37.5 Å². The van der Waals surface area contributed by atoms with E-state index in [0.29, 0.717) is 5.95 Å². The number of hydrogen-bond acceptors (Lipinski definition) is 2. The summed E-state index contributed by atoms with van der Waals surface area (Å²) in [6.45, 7) is 6.59. The van der Waals surface area contributed by atoms with Gasteiger partial charge in [0.15, 0.2) is 0 Å². The highest BCUT2D eigenvalue weighted by Crippen LogP contribution is 2.35. The first kappa shape index (κ1) is 13.2. The second kappa shape index (κ2) is 4.81. The molecule has 1 aromatic heterocycles. The third-order valence-corrected chi connectivity index (χ3v) is 4.33. The lowest BCUT2D eigenvalue weighted by molar-refractivity contribution is 0.262. The number of nitrogens with two attached hydrogens (primary N) is 1. The summed E-state index contributed by atoms with van der Waals surface area (Å²) in [4.78, 5) is 4.45. The lowest BCUT2D eigenvalue weighted by atomic mass is 9.89. The molecule has 0 aliphatic carbocycles. The number of hydrogen-bond donors (Lipinski definition) is 1. The first-order valence-electron chi connectivity index (χ1n) is 6.52. The molecule has 1 aromatic carbocycles. The number of aromatic nitrogens is 2. The van der Waals surface area contributed by atoms with Gasteiger partial charge in [-0.15, -0.1) is 0 Å². The maximum Gasteiger partial charge on any atom is 0.201 e. The van der Waals surface area contributed by atoms with E-state index < -0.39 is 0 Å². The minimum atomic E-state index is 0.0313. The van der Waals surface area contributed by atoms with Gasteiger partial charge in [0.05, 0.1) is 11.0 Å². The summed E-state index contributed by atoms with van der Waals surface area (Å²) in [7, 11) is 0. The summed E-state index contributed by atoms with van der Waals surface area (Å²) in [5, 5.41) is 0.723. The Kier molecular flexibility index (Phi) is 3.53. The van der Waals surface area contributed by atoms with Gasteiger partial charge in [-0.25, -0.2) is 4.98 Å². The van der Waals surface area contributed by atoms with Crippen molar-refractivity contribution < 1.29 is 0 Å². The van der Waals surface area contributed by atoms with E-state index in [0.717, 1.165) is 35.3 Å². The maximum atomic E-state index is 6.12. The second-order valence-electron chi connectivity index (χ2n) is 4.72. The molecule has 2 rings (SSSR count). The lowest BCUT2D eigenvalue weighted by Gasteiger charge is -2.33. The molecule has 0 fully saturated rings. The van der Waals surface area contributed by atoms with Crippen LogP contribution in [0.1, 0.15) is 40.0 Å². The molecule has 0 bridgehead atoms. The Morgan fingerprint density at radius 3 is 2.39 bits per heavy atom. The number of benzene rings is 1. The summed E-state index contributed by atoms with van der Waals surface area (Å²) in [5.41, 5.74) is 8.10. The Hall–Kier alpha value is -1.22. The quantitative estimate of drug-likeness (QED) is 0.900. The minimum Gasteiger partial charge on any atom is -0.369 e. The van der Waals surface area contributed by atoms with Crippen molar-refractivity contribution >= 4 is 28.6 Å². The normalized spacial score (nSPS) is 12.2. The first-order valence-corrected chi connectivity index (χ1v) is 6.89. The summed E-state index contributed by atoms with van der Waals surface area (Å²) < 4.78 is 2.16. The smallest absolute Gasteiger partial charge is 0.201 e. The van der Waals surface area contributed by atoms with Crippen molar-refractivity contribution in [3.8, 4) is 0 Å². The summed E-state index contributed by atoms with van der Waals surface area (Å²) in [6.07, 6.45) is 3.09. The summed E-state index contributed by atoms with van der Waals surface area (Å²) in [6, 6.07) is 5.73. The number of fused-ring (bicyclic) bond motifs is 1. The fourth-order valence-corrected chi connectivity index (χ4v) is 2.96. The van der Waals surface area contributed by atoms with Crippen LogP contribution in [0.3, 0.4) is 0 Å². The van der Waals surface area contributed by atoms with Crippen LogP contribution in [0, 0.1) is 0 Å². The summed E-state index contributed by atoms with van der Waals surface area (Å²) in [5.74, 6) is 0.581. The standard InChI is InChI=1S/C14H20ClN3/c1-4-14(5-2,6-3)18-12-9-10(15)7-8-11(12)17-13(18)16/h7-9H,4-6H2,1-3H3,(H2,16,17). The van der Waals surface area contributed by atoms with Gasteiger partial charge in [0, 0.05) is 10.6 Å². The van der Waals surface area contributed by atoms with Crippen molar-refractivity contribution in [2.24, 2.45) is 0 Å². The van der Waals surface area contributed by atoms with Crippen LogP contribution in [0.15, 0.2) is 18.2 Å². The molecule has 0 aliphatic heterocycles. The maximum absolute atomic E-state index is 6.12. The van der Waals surface area contributed by atoms with Crippen LogP contribution in [-0.4, -0.2) is 9.55 Å². The monoisotopic (exact) mass is 265 g/mol. The van der Waals surface area contributed by atoms with E-state index in [1.54, 1.807) is 0 Å². The fraction of sp³-hybridized carbons (Fsp3) is 0.500. The number of nitrogens with zero attached hydrogens (tertiary/aromatic N) is 2. The van der Waals surface area contributed by atoms with Gasteiger partial charge in [0.25, 0.3) is 0 Å².